The van der Waals surface area contributed by atoms with Crippen molar-refractivity contribution >= 4 is 0 Å². The Hall–Kier alpha value is -0.0400. The summed E-state index contributed by atoms with van der Waals surface area (Å²) in [7, 11) is 0. The van der Waals surface area contributed by atoms with Crippen LogP contribution in [0.15, 0.2) is 0 Å². The van der Waals surface area contributed by atoms with Crippen LogP contribution in [-0.4, -0.2) is 13.1 Å². The lowest BCUT2D eigenvalue weighted by molar-refractivity contribution is 0.274. The Labute approximate surface area is 69.6 Å². The molecule has 1 saturated heterocycles. The maximum absolute atomic E-state index is 3.46. The van der Waals surface area contributed by atoms with Gasteiger partial charge in [-0.1, -0.05) is 27.7 Å². The largest absolute Gasteiger partial charge is 0.316 e. The molecule has 1 aliphatic carbocycles. The highest BCUT2D eigenvalue weighted by molar-refractivity contribution is 5.16. The maximum Gasteiger partial charge on any atom is 0.00115 e. The molecule has 1 aliphatic heterocycles. The van der Waals surface area contributed by atoms with E-state index in [1.807, 2.05) is 0 Å². The SMILES string of the molecule is CC(C)(C)C1[C@@H]2CNC[C@]12C. The number of hydrogen-bond donors (Lipinski definition) is 1. The van der Waals surface area contributed by atoms with Gasteiger partial charge in [0, 0.05) is 6.54 Å². The normalized spacial score (nSPS) is 49.1. The molecule has 0 spiro atoms. The molecule has 1 heterocycles. The molecule has 1 nitrogen and oxygen atoms in total. The van der Waals surface area contributed by atoms with Crippen molar-refractivity contribution in [3.05, 3.63) is 0 Å². The summed E-state index contributed by atoms with van der Waals surface area (Å²) in [5, 5.41) is 3.46. The van der Waals surface area contributed by atoms with Crippen molar-refractivity contribution in [1.82, 2.24) is 5.32 Å². The summed E-state index contributed by atoms with van der Waals surface area (Å²) in [6.45, 7) is 12.1. The summed E-state index contributed by atoms with van der Waals surface area (Å²) < 4.78 is 0. The fourth-order valence-electron chi connectivity index (χ4n) is 3.34. The summed E-state index contributed by atoms with van der Waals surface area (Å²) in [6, 6.07) is 0. The fourth-order valence-corrected chi connectivity index (χ4v) is 3.34. The van der Waals surface area contributed by atoms with Crippen LogP contribution in [0.3, 0.4) is 0 Å². The van der Waals surface area contributed by atoms with Crippen molar-refractivity contribution in [2.24, 2.45) is 22.7 Å². The van der Waals surface area contributed by atoms with Crippen LogP contribution in [0.25, 0.3) is 0 Å². The van der Waals surface area contributed by atoms with E-state index in [1.165, 1.54) is 13.1 Å². The number of hydrogen-bond acceptors (Lipinski definition) is 1. The Balaban J connectivity index is 2.13. The summed E-state index contributed by atoms with van der Waals surface area (Å²) in [5.74, 6) is 1.94. The minimum atomic E-state index is 0.529. The Bertz CT molecular complexity index is 180. The first-order valence-corrected chi connectivity index (χ1v) is 4.67. The van der Waals surface area contributed by atoms with Gasteiger partial charge in [-0.05, 0) is 29.2 Å². The Morgan fingerprint density at radius 1 is 1.36 bits per heavy atom. The first-order valence-electron chi connectivity index (χ1n) is 4.67. The van der Waals surface area contributed by atoms with Crippen LogP contribution in [0.4, 0.5) is 0 Å². The number of nitrogens with one attached hydrogen (secondary N) is 1. The zero-order valence-corrected chi connectivity index (χ0v) is 8.07. The van der Waals surface area contributed by atoms with E-state index in [2.05, 4.69) is 33.0 Å². The van der Waals surface area contributed by atoms with Gasteiger partial charge in [-0.25, -0.2) is 0 Å². The highest BCUT2D eigenvalue weighted by atomic mass is 15.0. The molecule has 1 unspecified atom stereocenters. The molecule has 1 heteroatoms. The number of fused-ring (bicyclic) bond motifs is 1. The molecule has 64 valence electrons. The van der Waals surface area contributed by atoms with Gasteiger partial charge in [0.15, 0.2) is 0 Å². The summed E-state index contributed by atoms with van der Waals surface area (Å²) in [5.41, 5.74) is 1.18. The molecule has 1 N–H and O–H groups in total. The van der Waals surface area contributed by atoms with Crippen LogP contribution >= 0.6 is 0 Å². The molecule has 0 amide bonds. The molecule has 0 aromatic carbocycles. The highest BCUT2D eigenvalue weighted by Crippen LogP contribution is 2.67. The predicted molar refractivity (Wildman–Crippen MR) is 47.4 cm³/mol. The first kappa shape index (κ1) is 7.60. The van der Waals surface area contributed by atoms with E-state index in [0.717, 1.165) is 11.8 Å². The van der Waals surface area contributed by atoms with Gasteiger partial charge in [0.1, 0.15) is 0 Å². The van der Waals surface area contributed by atoms with Gasteiger partial charge in [0.05, 0.1) is 0 Å². The standard InChI is InChI=1S/C10H19N/c1-9(2,3)8-7-5-11-6-10(7,8)4/h7-8,11H,5-6H2,1-4H3/t7-,8?,10-/m0/s1. The summed E-state index contributed by atoms with van der Waals surface area (Å²) >= 11 is 0. The van der Waals surface area contributed by atoms with Gasteiger partial charge in [-0.3, -0.25) is 0 Å². The molecule has 1 saturated carbocycles. The van der Waals surface area contributed by atoms with Crippen molar-refractivity contribution in [2.75, 3.05) is 13.1 Å². The molecule has 0 aromatic rings. The van der Waals surface area contributed by atoms with E-state index in [-0.39, 0.29) is 0 Å². The molecular formula is C10H19N. The van der Waals surface area contributed by atoms with E-state index in [9.17, 15) is 0 Å². The smallest absolute Gasteiger partial charge is 0.00115 e. The average molecular weight is 153 g/mol. The predicted octanol–water partition coefficient (Wildman–Crippen LogP) is 1.89. The van der Waals surface area contributed by atoms with Crippen LogP contribution in [0, 0.1) is 22.7 Å². The monoisotopic (exact) mass is 153 g/mol. The van der Waals surface area contributed by atoms with Crippen LogP contribution in [-0.2, 0) is 0 Å². The van der Waals surface area contributed by atoms with Gasteiger partial charge in [0.25, 0.3) is 0 Å². The zero-order chi connectivity index (χ0) is 8.28. The van der Waals surface area contributed by atoms with E-state index in [1.54, 1.807) is 0 Å². The molecule has 0 radical (unpaired) electrons. The van der Waals surface area contributed by atoms with Crippen molar-refractivity contribution in [3.63, 3.8) is 0 Å². The molecule has 3 atom stereocenters. The van der Waals surface area contributed by atoms with Crippen LogP contribution < -0.4 is 5.32 Å². The molecular weight excluding hydrogens is 134 g/mol. The van der Waals surface area contributed by atoms with E-state index in [4.69, 9.17) is 0 Å². The minimum Gasteiger partial charge on any atom is -0.316 e. The van der Waals surface area contributed by atoms with Crippen LogP contribution in [0.5, 0.6) is 0 Å². The third kappa shape index (κ3) is 0.868. The lowest BCUT2D eigenvalue weighted by Crippen LogP contribution is -2.25. The first-order chi connectivity index (χ1) is 4.96. The third-order valence-electron chi connectivity index (χ3n) is 3.65. The topological polar surface area (TPSA) is 12.0 Å². The van der Waals surface area contributed by atoms with Crippen molar-refractivity contribution in [3.8, 4) is 0 Å². The maximum atomic E-state index is 3.46. The Morgan fingerprint density at radius 2 is 2.00 bits per heavy atom. The lowest BCUT2D eigenvalue weighted by Gasteiger charge is -2.23. The summed E-state index contributed by atoms with van der Waals surface area (Å²) in [4.78, 5) is 0. The third-order valence-corrected chi connectivity index (χ3v) is 3.65. The second-order valence-electron chi connectivity index (χ2n) is 5.59. The Morgan fingerprint density at radius 3 is 2.27 bits per heavy atom. The molecule has 0 aromatic heterocycles. The summed E-state index contributed by atoms with van der Waals surface area (Å²) in [6.07, 6.45) is 0. The zero-order valence-electron chi connectivity index (χ0n) is 8.07. The highest BCUT2D eigenvalue weighted by Gasteiger charge is 2.66. The van der Waals surface area contributed by atoms with Gasteiger partial charge >= 0.3 is 0 Å². The van der Waals surface area contributed by atoms with Gasteiger partial charge in [0.2, 0.25) is 0 Å². The second kappa shape index (κ2) is 1.82. The van der Waals surface area contributed by atoms with Crippen LogP contribution in [0.1, 0.15) is 27.7 Å². The average Bonchev–Trinajstić information content (AvgIpc) is 2.22. The van der Waals surface area contributed by atoms with Gasteiger partial charge < -0.3 is 5.32 Å². The fraction of sp³-hybridized carbons (Fsp3) is 1.00. The number of piperidine rings is 1. The van der Waals surface area contributed by atoms with Crippen LogP contribution in [0.2, 0.25) is 0 Å². The molecule has 11 heavy (non-hydrogen) atoms. The molecule has 2 aliphatic rings. The Kier molecular flexibility index (Phi) is 1.26. The van der Waals surface area contributed by atoms with Gasteiger partial charge in [-0.2, -0.15) is 0 Å². The number of rotatable bonds is 0. The van der Waals surface area contributed by atoms with Gasteiger partial charge in [-0.15, -0.1) is 0 Å². The minimum absolute atomic E-state index is 0.529. The van der Waals surface area contributed by atoms with Crippen molar-refractivity contribution < 1.29 is 0 Å². The van der Waals surface area contributed by atoms with E-state index < -0.39 is 0 Å². The second-order valence-corrected chi connectivity index (χ2v) is 5.59. The van der Waals surface area contributed by atoms with Crippen molar-refractivity contribution in [1.29, 1.82) is 0 Å². The van der Waals surface area contributed by atoms with E-state index >= 15 is 0 Å². The van der Waals surface area contributed by atoms with E-state index in [0.29, 0.717) is 10.8 Å². The molecule has 2 rings (SSSR count). The molecule has 0 bridgehead atoms. The quantitative estimate of drug-likeness (QED) is 0.560. The van der Waals surface area contributed by atoms with Crippen molar-refractivity contribution in [2.45, 2.75) is 27.7 Å². The molecule has 2 fully saturated rings. The lowest BCUT2D eigenvalue weighted by atomic mass is 9.84.